The normalized spacial score (nSPS) is 13.2. The average Bonchev–Trinajstić information content (AvgIpc) is 3.28. The van der Waals surface area contributed by atoms with Gasteiger partial charge in [-0.2, -0.15) is 0 Å². The first-order chi connectivity index (χ1) is 15.9. The van der Waals surface area contributed by atoms with Crippen LogP contribution < -0.4 is 25.5 Å². The van der Waals surface area contributed by atoms with Crippen LogP contribution in [0.5, 0.6) is 11.5 Å². The van der Waals surface area contributed by atoms with Gasteiger partial charge in [0.15, 0.2) is 11.5 Å². The Morgan fingerprint density at radius 3 is 2.64 bits per heavy atom. The average molecular weight is 450 g/mol. The molecule has 33 heavy (non-hydrogen) atoms. The van der Waals surface area contributed by atoms with Crippen molar-refractivity contribution in [2.45, 2.75) is 39.9 Å². The summed E-state index contributed by atoms with van der Waals surface area (Å²) in [4.78, 5) is 43.2. The number of ether oxygens (including phenoxy) is 2. The van der Waals surface area contributed by atoms with Gasteiger partial charge in [0, 0.05) is 37.7 Å². The molecule has 2 aromatic heterocycles. The Labute approximate surface area is 190 Å². The van der Waals surface area contributed by atoms with Crippen LogP contribution in [0.25, 0.3) is 10.9 Å². The fourth-order valence-electron chi connectivity index (χ4n) is 3.76. The largest absolute Gasteiger partial charge is 0.454 e. The number of hydrogen-bond donors (Lipinski definition) is 2. The van der Waals surface area contributed by atoms with Gasteiger partial charge in [-0.05, 0) is 30.5 Å². The van der Waals surface area contributed by atoms with Crippen LogP contribution in [0.3, 0.4) is 0 Å². The molecule has 0 fully saturated rings. The summed E-state index contributed by atoms with van der Waals surface area (Å²) in [6, 6.07) is 6.17. The second kappa shape index (κ2) is 9.32. The molecule has 0 radical (unpaired) electrons. The van der Waals surface area contributed by atoms with E-state index < -0.39 is 17.4 Å². The van der Waals surface area contributed by atoms with Gasteiger partial charge in [0.2, 0.25) is 18.1 Å². The highest BCUT2D eigenvalue weighted by Crippen LogP contribution is 2.35. The second-order valence-corrected chi connectivity index (χ2v) is 8.15. The van der Waals surface area contributed by atoms with E-state index in [0.717, 1.165) is 5.56 Å². The van der Waals surface area contributed by atoms with Crippen molar-refractivity contribution in [3.63, 3.8) is 0 Å². The van der Waals surface area contributed by atoms with Crippen LogP contribution in [0.1, 0.15) is 36.7 Å². The first-order valence-corrected chi connectivity index (χ1v) is 10.8. The molecule has 0 spiro atoms. The Bertz CT molecular complexity index is 1250. The van der Waals surface area contributed by atoms with Gasteiger partial charge >= 0.3 is 0 Å². The van der Waals surface area contributed by atoms with Crippen molar-refractivity contribution in [1.82, 2.24) is 20.2 Å². The van der Waals surface area contributed by atoms with E-state index in [1.165, 1.54) is 6.20 Å². The van der Waals surface area contributed by atoms with Crippen molar-refractivity contribution in [3.8, 4) is 11.5 Å². The number of fused-ring (bicyclic) bond motifs is 2. The van der Waals surface area contributed by atoms with Gasteiger partial charge in [-0.3, -0.25) is 19.4 Å². The highest BCUT2D eigenvalue weighted by molar-refractivity contribution is 6.00. The number of benzene rings is 1. The topological polar surface area (TPSA) is 112 Å². The third-order valence-electron chi connectivity index (χ3n) is 5.59. The van der Waals surface area contributed by atoms with E-state index in [0.29, 0.717) is 28.9 Å². The number of nitrogens with zero attached hydrogens (tertiary/aromatic N) is 2. The number of carbonyl (C=O) groups excluding carboxylic acids is 2. The molecule has 1 aliphatic rings. The fourth-order valence-corrected chi connectivity index (χ4v) is 3.76. The number of aryl methyl sites for hydroxylation is 1. The molecule has 1 atom stereocenters. The van der Waals surface area contributed by atoms with Crippen LogP contribution >= 0.6 is 0 Å². The quantitative estimate of drug-likeness (QED) is 0.571. The Kier molecular flexibility index (Phi) is 6.30. The van der Waals surface area contributed by atoms with Gasteiger partial charge in [-0.1, -0.05) is 19.9 Å². The summed E-state index contributed by atoms with van der Waals surface area (Å²) >= 11 is 0. The molecule has 2 N–H and O–H groups in total. The number of aromatic nitrogens is 2. The lowest BCUT2D eigenvalue weighted by atomic mass is 10.0. The van der Waals surface area contributed by atoms with Gasteiger partial charge < -0.3 is 24.7 Å². The molecule has 1 aliphatic heterocycles. The van der Waals surface area contributed by atoms with Gasteiger partial charge in [0.1, 0.15) is 11.6 Å². The Morgan fingerprint density at radius 1 is 1.21 bits per heavy atom. The smallest absolute Gasteiger partial charge is 0.257 e. The molecule has 0 saturated carbocycles. The van der Waals surface area contributed by atoms with Crippen LogP contribution in [-0.4, -0.2) is 34.2 Å². The van der Waals surface area contributed by atoms with E-state index >= 15 is 0 Å². The highest BCUT2D eigenvalue weighted by atomic mass is 16.7. The van der Waals surface area contributed by atoms with Crippen LogP contribution in [0, 0.1) is 5.92 Å². The third kappa shape index (κ3) is 4.52. The molecular weight excluding hydrogens is 424 g/mol. The minimum absolute atomic E-state index is 0.0334. The molecule has 9 heteroatoms. The molecule has 0 bridgehead atoms. The minimum atomic E-state index is -0.809. The summed E-state index contributed by atoms with van der Waals surface area (Å²) in [5, 5.41) is 5.92. The van der Waals surface area contributed by atoms with Gasteiger partial charge in [-0.15, -0.1) is 0 Å². The molecule has 3 heterocycles. The number of rotatable bonds is 7. The summed E-state index contributed by atoms with van der Waals surface area (Å²) < 4.78 is 12.6. The van der Waals surface area contributed by atoms with E-state index in [-0.39, 0.29) is 30.7 Å². The molecule has 0 aliphatic carbocycles. The molecule has 0 saturated heterocycles. The lowest BCUT2D eigenvalue weighted by Crippen LogP contribution is -2.50. The molecule has 3 aromatic rings. The van der Waals surface area contributed by atoms with E-state index in [4.69, 9.17) is 9.47 Å². The lowest BCUT2D eigenvalue weighted by Gasteiger charge is -2.22. The van der Waals surface area contributed by atoms with Crippen molar-refractivity contribution >= 4 is 22.7 Å². The number of amides is 2. The van der Waals surface area contributed by atoms with Crippen molar-refractivity contribution in [3.05, 3.63) is 64.2 Å². The number of hydrogen-bond acceptors (Lipinski definition) is 6. The highest BCUT2D eigenvalue weighted by Gasteiger charge is 2.27. The maximum absolute atomic E-state index is 13.2. The van der Waals surface area contributed by atoms with E-state index in [1.807, 2.05) is 26.8 Å². The van der Waals surface area contributed by atoms with Crippen molar-refractivity contribution in [2.24, 2.45) is 5.92 Å². The van der Waals surface area contributed by atoms with Crippen LogP contribution in [0.15, 0.2) is 47.7 Å². The zero-order valence-corrected chi connectivity index (χ0v) is 18.8. The van der Waals surface area contributed by atoms with Crippen molar-refractivity contribution in [1.29, 1.82) is 0 Å². The predicted molar refractivity (Wildman–Crippen MR) is 122 cm³/mol. The summed E-state index contributed by atoms with van der Waals surface area (Å²) in [7, 11) is 0. The van der Waals surface area contributed by atoms with Crippen LogP contribution in [0.4, 0.5) is 0 Å². The second-order valence-electron chi connectivity index (χ2n) is 8.15. The third-order valence-corrected chi connectivity index (χ3v) is 5.59. The van der Waals surface area contributed by atoms with Gasteiger partial charge in [-0.25, -0.2) is 0 Å². The maximum Gasteiger partial charge on any atom is 0.257 e. The zero-order chi connectivity index (χ0) is 23.5. The molecule has 2 amide bonds. The van der Waals surface area contributed by atoms with Gasteiger partial charge in [0.25, 0.3) is 5.91 Å². The van der Waals surface area contributed by atoms with E-state index in [2.05, 4.69) is 15.6 Å². The number of carbonyl (C=O) groups is 2. The first kappa shape index (κ1) is 22.3. The Balaban J connectivity index is 1.60. The lowest BCUT2D eigenvalue weighted by molar-refractivity contribution is -0.124. The molecular formula is C24H26N4O5. The zero-order valence-electron chi connectivity index (χ0n) is 18.8. The maximum atomic E-state index is 13.2. The van der Waals surface area contributed by atoms with E-state index in [1.54, 1.807) is 35.2 Å². The molecule has 4 rings (SSSR count). The monoisotopic (exact) mass is 450 g/mol. The number of pyridine rings is 2. The summed E-state index contributed by atoms with van der Waals surface area (Å²) in [5.74, 6) is -0.0918. The SMILES string of the molecule is CCn1cc(C(=O)N[C@H](C(=O)NCc2cccnc2)C(C)C)c(=O)c2cc3c(cc21)OCO3. The fraction of sp³-hybridized carbons (Fsp3) is 0.333. The first-order valence-electron chi connectivity index (χ1n) is 10.8. The standard InChI is InChI=1S/C24H26N4O5/c1-4-28-12-17(22(29)16-8-19-20(9-18(16)28)33-13-32-19)23(30)27-21(14(2)3)24(31)26-11-15-6-5-7-25-10-15/h5-10,12,14,21H,4,11,13H2,1-3H3,(H,26,31)(H,27,30)/t21-/m0/s1. The van der Waals surface area contributed by atoms with Crippen LogP contribution in [0.2, 0.25) is 0 Å². The summed E-state index contributed by atoms with van der Waals surface area (Å²) in [6.07, 6.45) is 4.84. The molecule has 0 unspecified atom stereocenters. The minimum Gasteiger partial charge on any atom is -0.454 e. The number of nitrogens with one attached hydrogen (secondary N) is 2. The van der Waals surface area contributed by atoms with Crippen molar-refractivity contribution < 1.29 is 19.1 Å². The van der Waals surface area contributed by atoms with Crippen molar-refractivity contribution in [2.75, 3.05) is 6.79 Å². The van der Waals surface area contributed by atoms with Gasteiger partial charge in [0.05, 0.1) is 10.9 Å². The summed E-state index contributed by atoms with van der Waals surface area (Å²) in [6.45, 7) is 6.50. The Morgan fingerprint density at radius 2 is 1.97 bits per heavy atom. The molecule has 9 nitrogen and oxygen atoms in total. The molecule has 1 aromatic carbocycles. The molecule has 172 valence electrons. The Hall–Kier alpha value is -3.88. The van der Waals surface area contributed by atoms with E-state index in [9.17, 15) is 14.4 Å². The van der Waals surface area contributed by atoms with Crippen LogP contribution in [-0.2, 0) is 17.9 Å². The predicted octanol–water partition coefficient (Wildman–Crippen LogP) is 2.22. The summed E-state index contributed by atoms with van der Waals surface area (Å²) in [5.41, 5.74) is 1.04.